The number of nitrogens with one attached hydrogen (secondary N) is 3. The van der Waals surface area contributed by atoms with Crippen molar-refractivity contribution in [2.75, 3.05) is 77.7 Å². The summed E-state index contributed by atoms with van der Waals surface area (Å²) in [4.78, 5) is 25.6. The molecule has 5 heterocycles. The second-order valence-corrected chi connectivity index (χ2v) is 12.5. The number of nitrogens with zero attached hydrogens (tertiary/aromatic N) is 7. The Kier molecular flexibility index (Phi) is 9.78. The lowest BCUT2D eigenvalue weighted by Crippen LogP contribution is -2.44. The molecule has 3 aliphatic heterocycles. The topological polar surface area (TPSA) is 97.4 Å². The molecule has 41 heavy (non-hydrogen) atoms. The summed E-state index contributed by atoms with van der Waals surface area (Å²) in [5, 5.41) is 11.0. The number of hydrogen-bond donors (Lipinski definition) is 3. The van der Waals surface area contributed by atoms with Gasteiger partial charge in [-0.05, 0) is 51.4 Å². The van der Waals surface area contributed by atoms with E-state index in [4.69, 9.17) is 21.6 Å². The van der Waals surface area contributed by atoms with Gasteiger partial charge in [-0.25, -0.2) is 4.98 Å². The lowest BCUT2D eigenvalue weighted by Gasteiger charge is -2.30. The minimum Gasteiger partial charge on any atom is -0.356 e. The normalized spacial score (nSPS) is 21.8. The van der Waals surface area contributed by atoms with Gasteiger partial charge in [0.25, 0.3) is 0 Å². The van der Waals surface area contributed by atoms with Crippen molar-refractivity contribution in [2.45, 2.75) is 89.1 Å². The molecule has 0 unspecified atom stereocenters. The molecule has 0 spiro atoms. The molecule has 2 saturated carbocycles. The molecule has 224 valence electrons. The highest BCUT2D eigenvalue weighted by atomic mass is 35.5. The van der Waals surface area contributed by atoms with Crippen LogP contribution in [0.1, 0.15) is 77.0 Å². The molecule has 11 heteroatoms. The molecule has 2 aromatic rings. The molecule has 3 saturated heterocycles. The third-order valence-corrected chi connectivity index (χ3v) is 9.25. The van der Waals surface area contributed by atoms with E-state index in [0.717, 1.165) is 75.8 Å². The minimum atomic E-state index is 0.523. The summed E-state index contributed by atoms with van der Waals surface area (Å²) >= 11 is 6.10. The van der Waals surface area contributed by atoms with Crippen molar-refractivity contribution < 1.29 is 0 Å². The highest BCUT2D eigenvalue weighted by Gasteiger charge is 2.22. The smallest absolute Gasteiger partial charge is 0.226 e. The number of hydrogen-bond acceptors (Lipinski definition) is 10. The van der Waals surface area contributed by atoms with E-state index in [1.54, 1.807) is 0 Å². The lowest BCUT2D eigenvalue weighted by atomic mass is 10.2. The summed E-state index contributed by atoms with van der Waals surface area (Å²) in [5.41, 5.74) is 0. The summed E-state index contributed by atoms with van der Waals surface area (Å²) in [7, 11) is 0. The molecule has 0 amide bonds. The lowest BCUT2D eigenvalue weighted by molar-refractivity contribution is 0.584. The third kappa shape index (κ3) is 7.83. The first-order chi connectivity index (χ1) is 20.2. The van der Waals surface area contributed by atoms with Gasteiger partial charge in [0.05, 0.1) is 0 Å². The Balaban J connectivity index is 0.000000152. The van der Waals surface area contributed by atoms with Gasteiger partial charge in [-0.1, -0.05) is 37.3 Å². The predicted octanol–water partition coefficient (Wildman–Crippen LogP) is 4.93. The zero-order chi connectivity index (χ0) is 27.9. The van der Waals surface area contributed by atoms with Crippen molar-refractivity contribution in [1.82, 2.24) is 25.3 Å². The van der Waals surface area contributed by atoms with E-state index in [9.17, 15) is 0 Å². The van der Waals surface area contributed by atoms with Crippen LogP contribution in [0, 0.1) is 0 Å². The van der Waals surface area contributed by atoms with Crippen LogP contribution in [0.15, 0.2) is 12.1 Å². The van der Waals surface area contributed by atoms with Gasteiger partial charge in [0.15, 0.2) is 0 Å². The molecule has 0 radical (unpaired) electrons. The van der Waals surface area contributed by atoms with Gasteiger partial charge in [0.2, 0.25) is 11.9 Å². The number of rotatable bonds is 7. The molecular formula is C30H47ClN10. The average molecular weight is 583 g/mol. The van der Waals surface area contributed by atoms with Crippen LogP contribution < -0.4 is 30.7 Å². The minimum absolute atomic E-state index is 0.523. The SMILES string of the molecule is Clc1cc(N2CCCC2)nc(NC2CCCC2)n1.c1c(N2CCCC2)nc(NC2CCCC2)nc1N1CCNCC1. The van der Waals surface area contributed by atoms with Crippen LogP contribution in [-0.2, 0) is 0 Å². The summed E-state index contributed by atoms with van der Waals surface area (Å²) in [6, 6.07) is 5.14. The highest BCUT2D eigenvalue weighted by molar-refractivity contribution is 6.29. The Morgan fingerprint density at radius 1 is 0.561 bits per heavy atom. The van der Waals surface area contributed by atoms with Gasteiger partial charge in [0, 0.05) is 76.6 Å². The monoisotopic (exact) mass is 582 g/mol. The molecule has 5 fully saturated rings. The highest BCUT2D eigenvalue weighted by Crippen LogP contribution is 2.28. The molecule has 0 atom stereocenters. The van der Waals surface area contributed by atoms with E-state index in [1.165, 1.54) is 77.0 Å². The Morgan fingerprint density at radius 3 is 1.46 bits per heavy atom. The molecular weight excluding hydrogens is 536 g/mol. The van der Waals surface area contributed by atoms with Gasteiger partial charge in [-0.15, -0.1) is 0 Å². The van der Waals surface area contributed by atoms with Crippen LogP contribution in [0.25, 0.3) is 0 Å². The molecule has 2 aromatic heterocycles. The van der Waals surface area contributed by atoms with Gasteiger partial charge in [-0.3, -0.25) is 0 Å². The summed E-state index contributed by atoms with van der Waals surface area (Å²) in [6.07, 6.45) is 15.2. The van der Waals surface area contributed by atoms with Crippen LogP contribution in [0.4, 0.5) is 29.4 Å². The second-order valence-electron chi connectivity index (χ2n) is 12.2. The van der Waals surface area contributed by atoms with E-state index in [0.29, 0.717) is 23.2 Å². The maximum absolute atomic E-state index is 6.10. The standard InChI is InChI=1S/C17H28N6.C13H19ClN4/c1-2-6-14(5-1)19-17-20-15(22-9-3-4-10-22)13-16(21-17)23-11-7-18-8-12-23;14-11-9-12(18-7-3-4-8-18)17-13(16-11)15-10-5-1-2-6-10/h13-14,18H,1-12H2,(H,19,20,21);9-10H,1-8H2,(H,15,16,17). The first-order valence-electron chi connectivity index (χ1n) is 16.1. The van der Waals surface area contributed by atoms with Gasteiger partial charge >= 0.3 is 0 Å². The van der Waals surface area contributed by atoms with E-state index in [2.05, 4.69) is 46.7 Å². The quantitative estimate of drug-likeness (QED) is 0.390. The van der Waals surface area contributed by atoms with Gasteiger partial charge in [0.1, 0.15) is 22.6 Å². The maximum atomic E-state index is 6.10. The first-order valence-corrected chi connectivity index (χ1v) is 16.5. The Bertz CT molecular complexity index is 1100. The Labute approximate surface area is 250 Å². The second kappa shape index (κ2) is 14.1. The van der Waals surface area contributed by atoms with E-state index >= 15 is 0 Å². The van der Waals surface area contributed by atoms with Crippen LogP contribution in [-0.4, -0.2) is 84.4 Å². The van der Waals surface area contributed by atoms with Crippen molar-refractivity contribution in [2.24, 2.45) is 0 Å². The van der Waals surface area contributed by atoms with Crippen molar-refractivity contribution in [3.05, 3.63) is 17.3 Å². The van der Waals surface area contributed by atoms with Crippen molar-refractivity contribution >= 4 is 41.0 Å². The van der Waals surface area contributed by atoms with Crippen LogP contribution in [0.2, 0.25) is 5.15 Å². The largest absolute Gasteiger partial charge is 0.356 e. The Hall–Kier alpha value is -2.59. The van der Waals surface area contributed by atoms with E-state index < -0.39 is 0 Å². The Morgan fingerprint density at radius 2 is 0.976 bits per heavy atom. The van der Waals surface area contributed by atoms with Crippen LogP contribution >= 0.6 is 11.6 Å². The van der Waals surface area contributed by atoms with E-state index in [1.807, 2.05) is 6.07 Å². The maximum Gasteiger partial charge on any atom is 0.226 e. The number of piperazine rings is 1. The number of anilines is 5. The fraction of sp³-hybridized carbons (Fsp3) is 0.733. The molecule has 5 aliphatic rings. The molecule has 10 nitrogen and oxygen atoms in total. The zero-order valence-corrected chi connectivity index (χ0v) is 25.2. The molecule has 7 rings (SSSR count). The predicted molar refractivity (Wildman–Crippen MR) is 169 cm³/mol. The number of halogens is 1. The average Bonchev–Trinajstić information content (AvgIpc) is 3.82. The molecule has 0 bridgehead atoms. The zero-order valence-electron chi connectivity index (χ0n) is 24.5. The fourth-order valence-corrected chi connectivity index (χ4v) is 6.91. The summed E-state index contributed by atoms with van der Waals surface area (Å²) in [6.45, 7) is 8.54. The van der Waals surface area contributed by atoms with Gasteiger partial charge in [-0.2, -0.15) is 15.0 Å². The van der Waals surface area contributed by atoms with Crippen LogP contribution in [0.5, 0.6) is 0 Å². The van der Waals surface area contributed by atoms with Crippen molar-refractivity contribution in [1.29, 1.82) is 0 Å². The van der Waals surface area contributed by atoms with E-state index in [-0.39, 0.29) is 0 Å². The fourth-order valence-electron chi connectivity index (χ4n) is 6.73. The first kappa shape index (κ1) is 28.5. The van der Waals surface area contributed by atoms with Crippen molar-refractivity contribution in [3.63, 3.8) is 0 Å². The summed E-state index contributed by atoms with van der Waals surface area (Å²) < 4.78 is 0. The molecule has 0 aromatic carbocycles. The van der Waals surface area contributed by atoms with Crippen LogP contribution in [0.3, 0.4) is 0 Å². The third-order valence-electron chi connectivity index (χ3n) is 9.06. The molecule has 3 N–H and O–H groups in total. The van der Waals surface area contributed by atoms with Crippen molar-refractivity contribution in [3.8, 4) is 0 Å². The summed E-state index contributed by atoms with van der Waals surface area (Å²) in [5.74, 6) is 4.68. The molecule has 2 aliphatic carbocycles. The number of aromatic nitrogens is 4. The van der Waals surface area contributed by atoms with Gasteiger partial charge < -0.3 is 30.7 Å².